The van der Waals surface area contributed by atoms with E-state index in [1.54, 1.807) is 6.07 Å². The summed E-state index contributed by atoms with van der Waals surface area (Å²) in [6.07, 6.45) is 0.963. The average molecular weight is 359 g/mol. The molecule has 0 aromatic carbocycles. The molecule has 0 unspecified atom stereocenters. The van der Waals surface area contributed by atoms with Gasteiger partial charge >= 0.3 is 0 Å². The molecular formula is C17H19ClN6O. The highest BCUT2D eigenvalue weighted by molar-refractivity contribution is 6.31. The Bertz CT molecular complexity index is 846. The Morgan fingerprint density at radius 2 is 2.20 bits per heavy atom. The van der Waals surface area contributed by atoms with Crippen molar-refractivity contribution in [2.45, 2.75) is 18.8 Å². The Balaban J connectivity index is 1.71. The number of anilines is 1. The van der Waals surface area contributed by atoms with Gasteiger partial charge in [0.25, 0.3) is 0 Å². The molecule has 4 rings (SSSR count). The number of piperidine rings is 1. The largest absolute Gasteiger partial charge is 0.355 e. The second-order valence-electron chi connectivity index (χ2n) is 7.00. The number of halogens is 1. The Kier molecular flexibility index (Phi) is 3.89. The van der Waals surface area contributed by atoms with Crippen LogP contribution in [0.5, 0.6) is 0 Å². The average Bonchev–Trinajstić information content (AvgIpc) is 3.19. The summed E-state index contributed by atoms with van der Waals surface area (Å²) in [7, 11) is 2.14. The number of nitriles is 1. The van der Waals surface area contributed by atoms with Gasteiger partial charge in [0.2, 0.25) is 5.89 Å². The van der Waals surface area contributed by atoms with Gasteiger partial charge < -0.3 is 14.3 Å². The fourth-order valence-corrected chi connectivity index (χ4v) is 4.21. The quantitative estimate of drug-likeness (QED) is 0.812. The lowest BCUT2D eigenvalue weighted by atomic mass is 9.72. The normalized spacial score (nSPS) is 26.5. The molecule has 0 saturated carbocycles. The maximum atomic E-state index is 9.20. The zero-order chi connectivity index (χ0) is 17.6. The molecule has 0 N–H and O–H groups in total. The van der Waals surface area contributed by atoms with E-state index in [0.717, 1.165) is 44.3 Å². The SMILES string of the molecule is Cc1noc([C@@]23CCN(C)C[C@@H]2CN(c2ccc(Cl)c(C#N)n2)C3)n1. The molecular weight excluding hydrogens is 340 g/mol. The third-order valence-electron chi connectivity index (χ3n) is 5.38. The van der Waals surface area contributed by atoms with Gasteiger partial charge in [-0.1, -0.05) is 16.8 Å². The molecule has 2 fully saturated rings. The molecule has 2 aliphatic heterocycles. The summed E-state index contributed by atoms with van der Waals surface area (Å²) in [6, 6.07) is 5.66. The van der Waals surface area contributed by atoms with Crippen molar-refractivity contribution >= 4 is 17.4 Å². The number of nitrogens with zero attached hydrogens (tertiary/aromatic N) is 6. The van der Waals surface area contributed by atoms with Crippen LogP contribution < -0.4 is 4.90 Å². The minimum absolute atomic E-state index is 0.165. The van der Waals surface area contributed by atoms with Crippen molar-refractivity contribution in [3.63, 3.8) is 0 Å². The first-order valence-corrected chi connectivity index (χ1v) is 8.70. The second kappa shape index (κ2) is 5.97. The van der Waals surface area contributed by atoms with E-state index in [1.165, 1.54) is 0 Å². The maximum absolute atomic E-state index is 9.20. The van der Waals surface area contributed by atoms with Crippen LogP contribution in [-0.2, 0) is 5.41 Å². The number of likely N-dealkylation sites (tertiary alicyclic amines) is 1. The topological polar surface area (TPSA) is 82.1 Å². The molecule has 7 nitrogen and oxygen atoms in total. The van der Waals surface area contributed by atoms with Crippen molar-refractivity contribution in [1.29, 1.82) is 5.26 Å². The maximum Gasteiger partial charge on any atom is 0.235 e. The Labute approximate surface area is 151 Å². The molecule has 8 heteroatoms. The molecule has 130 valence electrons. The fourth-order valence-electron chi connectivity index (χ4n) is 4.06. The van der Waals surface area contributed by atoms with Gasteiger partial charge in [0.05, 0.1) is 10.4 Å². The number of fused-ring (bicyclic) bond motifs is 1. The zero-order valence-corrected chi connectivity index (χ0v) is 15.0. The molecule has 2 aromatic heterocycles. The number of rotatable bonds is 2. The van der Waals surface area contributed by atoms with Crippen molar-refractivity contribution in [3.8, 4) is 6.07 Å². The van der Waals surface area contributed by atoms with Gasteiger partial charge in [0.1, 0.15) is 11.9 Å². The number of hydrogen-bond donors (Lipinski definition) is 0. The third kappa shape index (κ3) is 2.66. The Morgan fingerprint density at radius 3 is 2.92 bits per heavy atom. The van der Waals surface area contributed by atoms with Crippen molar-refractivity contribution < 1.29 is 4.52 Å². The first-order chi connectivity index (χ1) is 12.0. The molecule has 2 aromatic rings. The van der Waals surface area contributed by atoms with Gasteiger partial charge in [-0.05, 0) is 39.1 Å². The highest BCUT2D eigenvalue weighted by Gasteiger charge is 2.53. The lowest BCUT2D eigenvalue weighted by molar-refractivity contribution is 0.118. The molecule has 2 atom stereocenters. The van der Waals surface area contributed by atoms with Crippen LogP contribution in [0.25, 0.3) is 0 Å². The van der Waals surface area contributed by atoms with Crippen LogP contribution in [0.4, 0.5) is 5.82 Å². The predicted molar refractivity (Wildman–Crippen MR) is 92.5 cm³/mol. The molecule has 25 heavy (non-hydrogen) atoms. The Morgan fingerprint density at radius 1 is 1.36 bits per heavy atom. The monoisotopic (exact) mass is 358 g/mol. The van der Waals surface area contributed by atoms with Gasteiger partial charge in [-0.15, -0.1) is 0 Å². The van der Waals surface area contributed by atoms with Crippen LogP contribution in [0.1, 0.15) is 23.8 Å². The summed E-state index contributed by atoms with van der Waals surface area (Å²) in [5.74, 6) is 2.53. The first kappa shape index (κ1) is 16.3. The molecule has 0 amide bonds. The lowest BCUT2D eigenvalue weighted by Gasteiger charge is -2.39. The molecule has 0 bridgehead atoms. The van der Waals surface area contributed by atoms with Crippen LogP contribution in [0.3, 0.4) is 0 Å². The van der Waals surface area contributed by atoms with Crippen molar-refractivity contribution in [3.05, 3.63) is 34.6 Å². The van der Waals surface area contributed by atoms with Crippen LogP contribution in [-0.4, -0.2) is 53.3 Å². The summed E-state index contributed by atoms with van der Waals surface area (Å²) >= 11 is 6.03. The van der Waals surface area contributed by atoms with Crippen LogP contribution >= 0.6 is 11.6 Å². The molecule has 2 aliphatic rings. The van der Waals surface area contributed by atoms with Crippen LogP contribution in [0.15, 0.2) is 16.7 Å². The van der Waals surface area contributed by atoms with E-state index >= 15 is 0 Å². The molecule has 0 spiro atoms. The second-order valence-corrected chi connectivity index (χ2v) is 7.41. The van der Waals surface area contributed by atoms with Crippen molar-refractivity contribution in [2.24, 2.45) is 5.92 Å². The minimum Gasteiger partial charge on any atom is -0.355 e. The number of aryl methyl sites for hydroxylation is 1. The lowest BCUT2D eigenvalue weighted by Crippen LogP contribution is -2.48. The van der Waals surface area contributed by atoms with Crippen molar-refractivity contribution in [1.82, 2.24) is 20.0 Å². The van der Waals surface area contributed by atoms with Crippen LogP contribution in [0.2, 0.25) is 5.02 Å². The summed E-state index contributed by atoms with van der Waals surface area (Å²) in [5, 5.41) is 13.6. The van der Waals surface area contributed by atoms with E-state index in [2.05, 4.69) is 38.0 Å². The van der Waals surface area contributed by atoms with Crippen LogP contribution in [0, 0.1) is 24.2 Å². The summed E-state index contributed by atoms with van der Waals surface area (Å²) in [6.45, 7) is 5.40. The zero-order valence-electron chi connectivity index (χ0n) is 14.2. The summed E-state index contributed by atoms with van der Waals surface area (Å²) in [4.78, 5) is 13.5. The van der Waals surface area contributed by atoms with E-state index in [1.807, 2.05) is 13.0 Å². The van der Waals surface area contributed by atoms with Gasteiger partial charge in [-0.3, -0.25) is 0 Å². The van der Waals surface area contributed by atoms with Gasteiger partial charge in [0.15, 0.2) is 11.5 Å². The molecule has 2 saturated heterocycles. The highest BCUT2D eigenvalue weighted by Crippen LogP contribution is 2.45. The van der Waals surface area contributed by atoms with Gasteiger partial charge in [0, 0.05) is 25.6 Å². The molecule has 0 aliphatic carbocycles. The number of hydrogen-bond acceptors (Lipinski definition) is 7. The Hall–Kier alpha value is -2.17. The summed E-state index contributed by atoms with van der Waals surface area (Å²) in [5.41, 5.74) is 0.0934. The smallest absolute Gasteiger partial charge is 0.235 e. The summed E-state index contributed by atoms with van der Waals surface area (Å²) < 4.78 is 5.59. The predicted octanol–water partition coefficient (Wildman–Crippen LogP) is 2.01. The molecule has 0 radical (unpaired) electrons. The van der Waals surface area contributed by atoms with E-state index in [9.17, 15) is 5.26 Å². The third-order valence-corrected chi connectivity index (χ3v) is 5.69. The standard InChI is InChI=1S/C17H19ClN6O/c1-11-20-16(25-22-11)17-5-6-23(2)8-12(17)9-24(10-17)15-4-3-13(18)14(7-19)21-15/h3-4,12H,5-6,8-10H2,1-2H3/t12-,17-/m1/s1. The van der Waals surface area contributed by atoms with E-state index in [-0.39, 0.29) is 11.1 Å². The van der Waals surface area contributed by atoms with E-state index in [4.69, 9.17) is 16.1 Å². The first-order valence-electron chi connectivity index (χ1n) is 8.33. The highest BCUT2D eigenvalue weighted by atomic mass is 35.5. The minimum atomic E-state index is -0.165. The number of aromatic nitrogens is 3. The van der Waals surface area contributed by atoms with E-state index < -0.39 is 0 Å². The van der Waals surface area contributed by atoms with Gasteiger partial charge in [-0.25, -0.2) is 4.98 Å². The van der Waals surface area contributed by atoms with Gasteiger partial charge in [-0.2, -0.15) is 10.2 Å². The molecule has 4 heterocycles. The van der Waals surface area contributed by atoms with E-state index in [0.29, 0.717) is 16.8 Å². The number of pyridine rings is 1. The fraction of sp³-hybridized carbons (Fsp3) is 0.529. The van der Waals surface area contributed by atoms with Crippen molar-refractivity contribution in [2.75, 3.05) is 38.1 Å².